The highest BCUT2D eigenvalue weighted by molar-refractivity contribution is 6.04. The smallest absolute Gasteiger partial charge is 0.406 e. The summed E-state index contributed by atoms with van der Waals surface area (Å²) >= 11 is 0. The number of benzene rings is 2. The van der Waals surface area contributed by atoms with Crippen molar-refractivity contribution in [1.29, 1.82) is 0 Å². The first-order valence-electron chi connectivity index (χ1n) is 6.49. The zero-order valence-corrected chi connectivity index (χ0v) is 12.0. The van der Waals surface area contributed by atoms with Gasteiger partial charge >= 0.3 is 6.36 Å². The van der Waals surface area contributed by atoms with Gasteiger partial charge in [0.25, 0.3) is 5.91 Å². The minimum atomic E-state index is -4.75. The van der Waals surface area contributed by atoms with Gasteiger partial charge in [0, 0.05) is 11.3 Å². The lowest BCUT2D eigenvalue weighted by atomic mass is 10.1. The van der Waals surface area contributed by atoms with Gasteiger partial charge in [-0.3, -0.25) is 4.79 Å². The van der Waals surface area contributed by atoms with Crippen molar-refractivity contribution in [3.8, 4) is 5.75 Å². The van der Waals surface area contributed by atoms with E-state index in [9.17, 15) is 18.0 Å². The molecule has 0 fully saturated rings. The van der Waals surface area contributed by atoms with E-state index in [1.54, 1.807) is 6.07 Å². The number of halogens is 3. The monoisotopic (exact) mass is 309 g/mol. The number of aryl methyl sites for hydroxylation is 2. The zero-order valence-electron chi connectivity index (χ0n) is 12.0. The Balaban J connectivity index is 2.08. The predicted molar refractivity (Wildman–Crippen MR) is 77.0 cm³/mol. The van der Waals surface area contributed by atoms with Crippen molar-refractivity contribution in [2.24, 2.45) is 0 Å². The molecule has 0 saturated heterocycles. The molecule has 0 aliphatic carbocycles. The molecule has 1 N–H and O–H groups in total. The maximum atomic E-state index is 12.1. The normalized spacial score (nSPS) is 11.1. The summed E-state index contributed by atoms with van der Waals surface area (Å²) in [6.45, 7) is 3.88. The van der Waals surface area contributed by atoms with E-state index in [1.165, 1.54) is 12.1 Å². The fourth-order valence-corrected chi connectivity index (χ4v) is 1.83. The summed E-state index contributed by atoms with van der Waals surface area (Å²) in [4.78, 5) is 12.0. The number of amides is 1. The lowest BCUT2D eigenvalue weighted by molar-refractivity contribution is -0.274. The highest BCUT2D eigenvalue weighted by Crippen LogP contribution is 2.23. The van der Waals surface area contributed by atoms with Crippen LogP contribution in [0.3, 0.4) is 0 Å². The van der Waals surface area contributed by atoms with Crippen LogP contribution in [-0.2, 0) is 0 Å². The van der Waals surface area contributed by atoms with E-state index in [0.717, 1.165) is 23.3 Å². The number of hydrogen-bond acceptors (Lipinski definition) is 2. The van der Waals surface area contributed by atoms with Gasteiger partial charge in [0.1, 0.15) is 5.75 Å². The van der Waals surface area contributed by atoms with Gasteiger partial charge in [-0.05, 0) is 61.4 Å². The summed E-state index contributed by atoms with van der Waals surface area (Å²) in [7, 11) is 0. The Hall–Kier alpha value is -2.50. The molecule has 1 amide bonds. The Morgan fingerprint density at radius 2 is 1.64 bits per heavy atom. The van der Waals surface area contributed by atoms with Crippen LogP contribution in [-0.4, -0.2) is 12.3 Å². The Labute approximate surface area is 125 Å². The number of nitrogens with one attached hydrogen (secondary N) is 1. The molecule has 3 nitrogen and oxygen atoms in total. The molecular weight excluding hydrogens is 295 g/mol. The van der Waals surface area contributed by atoms with Crippen LogP contribution in [0.5, 0.6) is 5.75 Å². The second kappa shape index (κ2) is 6.09. The number of rotatable bonds is 3. The van der Waals surface area contributed by atoms with Crippen molar-refractivity contribution < 1.29 is 22.7 Å². The molecule has 2 rings (SSSR count). The van der Waals surface area contributed by atoms with Crippen molar-refractivity contribution >= 4 is 11.6 Å². The number of carbonyl (C=O) groups excluding carboxylic acids is 1. The Kier molecular flexibility index (Phi) is 4.40. The number of ether oxygens (including phenoxy) is 1. The number of anilines is 1. The van der Waals surface area contributed by atoms with E-state index < -0.39 is 12.3 Å². The molecule has 0 saturated carbocycles. The highest BCUT2D eigenvalue weighted by atomic mass is 19.4. The van der Waals surface area contributed by atoms with Gasteiger partial charge in [-0.25, -0.2) is 0 Å². The summed E-state index contributed by atoms with van der Waals surface area (Å²) in [5, 5.41) is 2.69. The van der Waals surface area contributed by atoms with Crippen LogP contribution in [0.1, 0.15) is 21.5 Å². The molecule has 0 heterocycles. The Morgan fingerprint density at radius 1 is 1.00 bits per heavy atom. The molecular formula is C16H14F3NO2. The second-order valence-corrected chi connectivity index (χ2v) is 4.83. The van der Waals surface area contributed by atoms with Crippen molar-refractivity contribution in [2.45, 2.75) is 20.2 Å². The van der Waals surface area contributed by atoms with Crippen LogP contribution in [0.25, 0.3) is 0 Å². The Bertz CT molecular complexity index is 679. The third-order valence-electron chi connectivity index (χ3n) is 3.11. The minimum Gasteiger partial charge on any atom is -0.406 e. The summed E-state index contributed by atoms with van der Waals surface area (Å²) in [5.41, 5.74) is 3.01. The summed E-state index contributed by atoms with van der Waals surface area (Å²) in [5.74, 6) is -0.767. The second-order valence-electron chi connectivity index (χ2n) is 4.83. The van der Waals surface area contributed by atoms with Gasteiger partial charge in [-0.1, -0.05) is 6.07 Å². The molecule has 0 aliphatic rings. The number of hydrogen-bond donors (Lipinski definition) is 1. The van der Waals surface area contributed by atoms with Gasteiger partial charge in [0.15, 0.2) is 0 Å². The fraction of sp³-hybridized carbons (Fsp3) is 0.188. The summed E-state index contributed by atoms with van der Waals surface area (Å²) in [6.07, 6.45) is -4.75. The average Bonchev–Trinajstić information content (AvgIpc) is 2.42. The van der Waals surface area contributed by atoms with E-state index >= 15 is 0 Å². The van der Waals surface area contributed by atoms with Gasteiger partial charge in [0.05, 0.1) is 0 Å². The molecule has 116 valence electrons. The predicted octanol–water partition coefficient (Wildman–Crippen LogP) is 4.45. The van der Waals surface area contributed by atoms with Crippen LogP contribution < -0.4 is 10.1 Å². The standard InChI is InChI=1S/C16H14F3NO2/c1-10-3-6-13(9-11(10)2)20-15(21)12-4-7-14(8-5-12)22-16(17,18)19/h3-9H,1-2H3,(H,20,21). The van der Waals surface area contributed by atoms with E-state index in [-0.39, 0.29) is 11.3 Å². The van der Waals surface area contributed by atoms with Crippen LogP contribution >= 0.6 is 0 Å². The van der Waals surface area contributed by atoms with Crippen LogP contribution in [0.4, 0.5) is 18.9 Å². The topological polar surface area (TPSA) is 38.3 Å². The molecule has 0 bridgehead atoms. The first-order valence-corrected chi connectivity index (χ1v) is 6.49. The van der Waals surface area contributed by atoms with Gasteiger partial charge in [-0.2, -0.15) is 0 Å². The van der Waals surface area contributed by atoms with Crippen molar-refractivity contribution in [3.05, 3.63) is 59.2 Å². The number of carbonyl (C=O) groups is 1. The lowest BCUT2D eigenvalue weighted by Gasteiger charge is -2.10. The number of alkyl halides is 3. The summed E-state index contributed by atoms with van der Waals surface area (Å²) in [6, 6.07) is 10.2. The molecule has 22 heavy (non-hydrogen) atoms. The SMILES string of the molecule is Cc1ccc(NC(=O)c2ccc(OC(F)(F)F)cc2)cc1C. The van der Waals surface area contributed by atoms with E-state index in [2.05, 4.69) is 10.1 Å². The third-order valence-corrected chi connectivity index (χ3v) is 3.11. The van der Waals surface area contributed by atoms with Crippen molar-refractivity contribution in [1.82, 2.24) is 0 Å². The molecule has 6 heteroatoms. The van der Waals surface area contributed by atoms with Gasteiger partial charge in [-0.15, -0.1) is 13.2 Å². The average molecular weight is 309 g/mol. The largest absolute Gasteiger partial charge is 0.573 e. The molecule has 0 atom stereocenters. The highest BCUT2D eigenvalue weighted by Gasteiger charge is 2.31. The molecule has 0 radical (unpaired) electrons. The molecule has 0 aromatic heterocycles. The Morgan fingerprint density at radius 3 is 2.18 bits per heavy atom. The van der Waals surface area contributed by atoms with Crippen LogP contribution in [0.2, 0.25) is 0 Å². The van der Waals surface area contributed by atoms with Crippen LogP contribution in [0.15, 0.2) is 42.5 Å². The van der Waals surface area contributed by atoms with E-state index in [4.69, 9.17) is 0 Å². The maximum absolute atomic E-state index is 12.1. The van der Waals surface area contributed by atoms with E-state index in [0.29, 0.717) is 5.69 Å². The molecule has 0 aliphatic heterocycles. The molecule has 2 aromatic carbocycles. The van der Waals surface area contributed by atoms with Crippen molar-refractivity contribution in [3.63, 3.8) is 0 Å². The van der Waals surface area contributed by atoms with Crippen LogP contribution in [0, 0.1) is 13.8 Å². The zero-order chi connectivity index (χ0) is 16.3. The van der Waals surface area contributed by atoms with E-state index in [1.807, 2.05) is 26.0 Å². The molecule has 0 unspecified atom stereocenters. The third kappa shape index (κ3) is 4.25. The van der Waals surface area contributed by atoms with Crippen molar-refractivity contribution in [2.75, 3.05) is 5.32 Å². The quantitative estimate of drug-likeness (QED) is 0.909. The first-order chi connectivity index (χ1) is 10.2. The maximum Gasteiger partial charge on any atom is 0.573 e. The van der Waals surface area contributed by atoms with Gasteiger partial charge in [0.2, 0.25) is 0 Å². The molecule has 2 aromatic rings. The first kappa shape index (κ1) is 15.9. The fourth-order valence-electron chi connectivity index (χ4n) is 1.83. The van der Waals surface area contributed by atoms with Gasteiger partial charge < -0.3 is 10.1 Å². The summed E-state index contributed by atoms with van der Waals surface area (Å²) < 4.78 is 39.9. The minimum absolute atomic E-state index is 0.243. The lowest BCUT2D eigenvalue weighted by Crippen LogP contribution is -2.17. The molecule has 0 spiro atoms.